The summed E-state index contributed by atoms with van der Waals surface area (Å²) in [7, 11) is 0. The minimum Gasteiger partial charge on any atom is -0.238 e. The Balaban J connectivity index is 1.94. The van der Waals surface area contributed by atoms with Crippen molar-refractivity contribution in [2.24, 2.45) is 0 Å². The second-order valence-electron chi connectivity index (χ2n) is 6.62. The van der Waals surface area contributed by atoms with E-state index in [-0.39, 0.29) is 0 Å². The highest BCUT2D eigenvalue weighted by molar-refractivity contribution is 5.84. The Labute approximate surface area is 154 Å². The molecular formula is C24H24F2. The number of benzene rings is 2. The predicted molar refractivity (Wildman–Crippen MR) is 106 cm³/mol. The highest BCUT2D eigenvalue weighted by Crippen LogP contribution is 2.33. The van der Waals surface area contributed by atoms with Gasteiger partial charge in [0.1, 0.15) is 12.0 Å². The summed E-state index contributed by atoms with van der Waals surface area (Å²) in [5.41, 5.74) is 4.89. The smallest absolute Gasteiger partial charge is 0.147 e. The molecule has 0 N–H and O–H groups in total. The van der Waals surface area contributed by atoms with Gasteiger partial charge in [-0.3, -0.25) is 0 Å². The van der Waals surface area contributed by atoms with Crippen molar-refractivity contribution < 1.29 is 8.78 Å². The van der Waals surface area contributed by atoms with Gasteiger partial charge < -0.3 is 0 Å². The summed E-state index contributed by atoms with van der Waals surface area (Å²) in [5.74, 6) is -0.518. The zero-order chi connectivity index (χ0) is 18.5. The van der Waals surface area contributed by atoms with Crippen LogP contribution in [0.1, 0.15) is 42.5 Å². The number of rotatable bonds is 5. The van der Waals surface area contributed by atoms with Crippen LogP contribution in [-0.2, 0) is 12.8 Å². The van der Waals surface area contributed by atoms with E-state index in [9.17, 15) is 8.78 Å². The van der Waals surface area contributed by atoms with Gasteiger partial charge in [-0.25, -0.2) is 8.78 Å². The van der Waals surface area contributed by atoms with Gasteiger partial charge in [0.15, 0.2) is 0 Å². The maximum absolute atomic E-state index is 14.7. The largest absolute Gasteiger partial charge is 0.238 e. The first-order valence-corrected chi connectivity index (χ1v) is 9.24. The second kappa shape index (κ2) is 8.27. The van der Waals surface area contributed by atoms with Crippen LogP contribution in [0.2, 0.25) is 0 Å². The lowest BCUT2D eigenvalue weighted by molar-refractivity contribution is 0.472. The zero-order valence-corrected chi connectivity index (χ0v) is 15.3. The van der Waals surface area contributed by atoms with Crippen molar-refractivity contribution in [2.75, 3.05) is 0 Å². The maximum atomic E-state index is 14.7. The monoisotopic (exact) mass is 350 g/mol. The topological polar surface area (TPSA) is 0 Å². The molecule has 0 nitrogen and oxygen atoms in total. The molecule has 0 spiro atoms. The van der Waals surface area contributed by atoms with E-state index >= 15 is 0 Å². The summed E-state index contributed by atoms with van der Waals surface area (Å²) < 4.78 is 29.3. The van der Waals surface area contributed by atoms with Gasteiger partial charge in [-0.2, -0.15) is 0 Å². The molecule has 0 saturated carbocycles. The van der Waals surface area contributed by atoms with Gasteiger partial charge in [0.05, 0.1) is 0 Å². The molecule has 0 saturated heterocycles. The van der Waals surface area contributed by atoms with Gasteiger partial charge in [-0.05, 0) is 46.7 Å². The molecule has 0 bridgehead atoms. The number of halogens is 2. The number of hydrogen-bond acceptors (Lipinski definition) is 0. The minimum absolute atomic E-state index is 0.424. The van der Waals surface area contributed by atoms with E-state index in [1.165, 1.54) is 11.1 Å². The Hall–Kier alpha value is -2.48. The third-order valence-electron chi connectivity index (χ3n) is 4.78. The standard InChI is InChI=1S/C24H24F2/c1-3-5-18-8-12-20(13-9-18)22-15-14-21(23(25)16-24(22)26)19-10-6-17(4-2)7-11-19/h6-16,24H,3-5H2,1-2H3. The number of allylic oxidation sites excluding steroid dienone is 6. The minimum atomic E-state index is -1.46. The van der Waals surface area contributed by atoms with Crippen LogP contribution in [0, 0.1) is 0 Å². The molecule has 0 heterocycles. The van der Waals surface area contributed by atoms with Crippen LogP contribution >= 0.6 is 0 Å². The van der Waals surface area contributed by atoms with Gasteiger partial charge in [0, 0.05) is 5.57 Å². The van der Waals surface area contributed by atoms with Crippen LogP contribution in [0.15, 0.2) is 72.6 Å². The molecule has 26 heavy (non-hydrogen) atoms. The molecule has 1 aliphatic carbocycles. The van der Waals surface area contributed by atoms with Crippen LogP contribution in [0.3, 0.4) is 0 Å². The van der Waals surface area contributed by atoms with Crippen molar-refractivity contribution in [3.63, 3.8) is 0 Å². The molecule has 1 atom stereocenters. The number of alkyl halides is 1. The van der Waals surface area contributed by atoms with Crippen molar-refractivity contribution in [1.29, 1.82) is 0 Å². The van der Waals surface area contributed by atoms with E-state index in [0.29, 0.717) is 11.1 Å². The van der Waals surface area contributed by atoms with Gasteiger partial charge in [-0.1, -0.05) is 81.0 Å². The molecule has 1 aliphatic rings. The van der Waals surface area contributed by atoms with Crippen LogP contribution in [0.5, 0.6) is 0 Å². The Kier molecular flexibility index (Phi) is 5.82. The van der Waals surface area contributed by atoms with Gasteiger partial charge in [-0.15, -0.1) is 0 Å². The summed E-state index contributed by atoms with van der Waals surface area (Å²) in [6, 6.07) is 15.6. The van der Waals surface area contributed by atoms with Crippen LogP contribution in [-0.4, -0.2) is 6.17 Å². The SMILES string of the molecule is CCCc1ccc(C2=CC=C(c3ccc(CC)cc3)C(F)=CC2F)cc1. The molecule has 1 unspecified atom stereocenters. The summed E-state index contributed by atoms with van der Waals surface area (Å²) in [6.07, 6.45) is 6.00. The van der Waals surface area contributed by atoms with Gasteiger partial charge in [0.25, 0.3) is 0 Å². The van der Waals surface area contributed by atoms with Crippen LogP contribution < -0.4 is 0 Å². The van der Waals surface area contributed by atoms with E-state index in [2.05, 4.69) is 13.8 Å². The summed E-state index contributed by atoms with van der Waals surface area (Å²) >= 11 is 0. The number of aryl methyl sites for hydroxylation is 2. The Morgan fingerprint density at radius 3 is 2.04 bits per heavy atom. The lowest BCUT2D eigenvalue weighted by Crippen LogP contribution is -2.00. The first kappa shape index (κ1) is 18.3. The Morgan fingerprint density at radius 1 is 0.808 bits per heavy atom. The van der Waals surface area contributed by atoms with E-state index in [0.717, 1.165) is 36.5 Å². The van der Waals surface area contributed by atoms with Gasteiger partial charge in [0.2, 0.25) is 0 Å². The van der Waals surface area contributed by atoms with Crippen molar-refractivity contribution in [3.8, 4) is 0 Å². The van der Waals surface area contributed by atoms with Crippen molar-refractivity contribution in [2.45, 2.75) is 39.3 Å². The molecule has 2 heteroatoms. The highest BCUT2D eigenvalue weighted by atomic mass is 19.1. The normalized spacial score (nSPS) is 17.2. The molecule has 0 radical (unpaired) electrons. The van der Waals surface area contributed by atoms with E-state index in [1.807, 2.05) is 48.5 Å². The zero-order valence-electron chi connectivity index (χ0n) is 15.3. The van der Waals surface area contributed by atoms with Crippen molar-refractivity contribution in [3.05, 3.63) is 94.8 Å². The summed E-state index contributed by atoms with van der Waals surface area (Å²) in [6.45, 7) is 4.21. The molecule has 0 fully saturated rings. The molecule has 2 aromatic rings. The van der Waals surface area contributed by atoms with Crippen molar-refractivity contribution >= 4 is 11.1 Å². The summed E-state index contributed by atoms with van der Waals surface area (Å²) in [5, 5.41) is 0. The number of hydrogen-bond donors (Lipinski definition) is 0. The third kappa shape index (κ3) is 4.01. The molecular weight excluding hydrogens is 326 g/mol. The lowest BCUT2D eigenvalue weighted by atomic mass is 9.99. The van der Waals surface area contributed by atoms with E-state index < -0.39 is 12.0 Å². The molecule has 0 aliphatic heterocycles. The van der Waals surface area contributed by atoms with E-state index in [4.69, 9.17) is 0 Å². The molecule has 2 aromatic carbocycles. The average Bonchev–Trinajstić information content (AvgIpc) is 2.80. The highest BCUT2D eigenvalue weighted by Gasteiger charge is 2.19. The Morgan fingerprint density at radius 2 is 1.42 bits per heavy atom. The molecule has 3 rings (SSSR count). The fourth-order valence-corrected chi connectivity index (χ4v) is 3.21. The first-order valence-electron chi connectivity index (χ1n) is 9.24. The molecule has 0 amide bonds. The fourth-order valence-electron chi connectivity index (χ4n) is 3.21. The molecule has 0 aromatic heterocycles. The van der Waals surface area contributed by atoms with E-state index in [1.54, 1.807) is 12.2 Å². The van der Waals surface area contributed by atoms with Crippen LogP contribution in [0.4, 0.5) is 8.78 Å². The Bertz CT molecular complexity index is 837. The average molecular weight is 350 g/mol. The second-order valence-corrected chi connectivity index (χ2v) is 6.62. The third-order valence-corrected chi connectivity index (χ3v) is 4.78. The van der Waals surface area contributed by atoms with Gasteiger partial charge >= 0.3 is 0 Å². The van der Waals surface area contributed by atoms with Crippen molar-refractivity contribution in [1.82, 2.24) is 0 Å². The molecule has 134 valence electrons. The lowest BCUT2D eigenvalue weighted by Gasteiger charge is -2.09. The summed E-state index contributed by atoms with van der Waals surface area (Å²) in [4.78, 5) is 0. The predicted octanol–water partition coefficient (Wildman–Crippen LogP) is 6.87. The van der Waals surface area contributed by atoms with Crippen LogP contribution in [0.25, 0.3) is 11.1 Å². The fraction of sp³-hybridized carbons (Fsp3) is 0.250. The quantitative estimate of drug-likeness (QED) is 0.552. The maximum Gasteiger partial charge on any atom is 0.147 e. The first-order chi connectivity index (χ1) is 12.6.